The van der Waals surface area contributed by atoms with Crippen molar-refractivity contribution in [2.45, 2.75) is 65.3 Å². The molecule has 4 nitrogen and oxygen atoms in total. The topological polar surface area (TPSA) is 55.4 Å². The molecule has 1 aromatic rings. The second-order valence-electron chi connectivity index (χ2n) is 6.70. The Balaban J connectivity index is 2.70. The molecule has 2 atom stereocenters. The number of benzene rings is 1. The van der Waals surface area contributed by atoms with E-state index in [2.05, 4.69) is 18.9 Å². The fraction of sp³-hybridized carbons (Fsp3) is 0.632. The van der Waals surface area contributed by atoms with E-state index in [4.69, 9.17) is 4.74 Å². The van der Waals surface area contributed by atoms with E-state index in [9.17, 15) is 9.36 Å². The molecule has 0 radical (unpaired) electrons. The Hall–Kier alpha value is -1.12. The molecule has 136 valence electrons. The molecule has 1 aromatic carbocycles. The van der Waals surface area contributed by atoms with E-state index in [0.717, 1.165) is 18.4 Å². The Bertz CT molecular complexity index is 541. The van der Waals surface area contributed by atoms with Crippen LogP contribution >= 0.6 is 7.29 Å². The van der Waals surface area contributed by atoms with Crippen LogP contribution in [0.25, 0.3) is 0 Å². The molecular formula is C19H32NO3P. The zero-order valence-electron chi connectivity index (χ0n) is 15.6. The first-order valence-electron chi connectivity index (χ1n) is 8.89. The van der Waals surface area contributed by atoms with Crippen molar-refractivity contribution >= 4 is 13.3 Å². The minimum atomic E-state index is -2.74. The van der Waals surface area contributed by atoms with Gasteiger partial charge in [-0.05, 0) is 18.4 Å². The number of rotatable bonds is 10. The van der Waals surface area contributed by atoms with Gasteiger partial charge in [-0.3, -0.25) is 9.88 Å². The molecule has 0 saturated heterocycles. The van der Waals surface area contributed by atoms with Gasteiger partial charge in [0, 0.05) is 11.8 Å². The number of hydrogen-bond donors (Lipinski definition) is 1. The predicted molar refractivity (Wildman–Crippen MR) is 101 cm³/mol. The Morgan fingerprint density at radius 2 is 1.71 bits per heavy atom. The summed E-state index contributed by atoms with van der Waals surface area (Å²) in [6.45, 7) is 10.2. The minimum absolute atomic E-state index is 0.0491. The van der Waals surface area contributed by atoms with Gasteiger partial charge in [-0.1, -0.05) is 70.9 Å². The quantitative estimate of drug-likeness (QED) is 0.483. The van der Waals surface area contributed by atoms with E-state index in [0.29, 0.717) is 18.7 Å². The summed E-state index contributed by atoms with van der Waals surface area (Å²) in [5, 5.41) is 3.08. The maximum atomic E-state index is 13.3. The summed E-state index contributed by atoms with van der Waals surface area (Å²) >= 11 is 0. The summed E-state index contributed by atoms with van der Waals surface area (Å²) in [5.74, 6) is 0.0678. The molecule has 1 N–H and O–H groups in total. The summed E-state index contributed by atoms with van der Waals surface area (Å²) in [6.07, 6.45) is 2.42. The predicted octanol–water partition coefficient (Wildman–Crippen LogP) is 4.83. The third-order valence-corrected chi connectivity index (χ3v) is 7.80. The number of carbonyl (C=O) groups is 1. The number of ether oxygens (including phenoxy) is 1. The van der Waals surface area contributed by atoms with E-state index in [1.165, 1.54) is 0 Å². The standard InChI is InChI=1S/C19H32NO3P/c1-6-17(7-2)13-23-19(21)16(5)20-24(22,15(3)4)14-18-11-9-8-10-12-18/h8-12,15-17H,6-7,13-14H2,1-5H3,(H,20,22)/t16-,24+/m0/s1. The average Bonchev–Trinajstić information content (AvgIpc) is 2.56. The van der Waals surface area contributed by atoms with Crippen LogP contribution in [0.15, 0.2) is 30.3 Å². The van der Waals surface area contributed by atoms with E-state index >= 15 is 0 Å². The fourth-order valence-electron chi connectivity index (χ4n) is 2.46. The number of esters is 1. The van der Waals surface area contributed by atoms with Gasteiger partial charge >= 0.3 is 5.97 Å². The SMILES string of the molecule is CCC(CC)COC(=O)[C@H](C)N[P@@](=O)(Cc1ccccc1)C(C)C. The Labute approximate surface area is 146 Å². The van der Waals surface area contributed by atoms with Crippen molar-refractivity contribution in [2.75, 3.05) is 6.61 Å². The third kappa shape index (κ3) is 6.41. The first-order chi connectivity index (χ1) is 11.3. The molecular weight excluding hydrogens is 321 g/mol. The number of hydrogen-bond acceptors (Lipinski definition) is 3. The lowest BCUT2D eigenvalue weighted by Crippen LogP contribution is -2.36. The van der Waals surface area contributed by atoms with Gasteiger partial charge in [-0.2, -0.15) is 0 Å². The average molecular weight is 353 g/mol. The highest BCUT2D eigenvalue weighted by Crippen LogP contribution is 2.50. The highest BCUT2D eigenvalue weighted by atomic mass is 31.2. The maximum absolute atomic E-state index is 13.3. The van der Waals surface area contributed by atoms with Crippen LogP contribution in [0.1, 0.15) is 53.0 Å². The summed E-state index contributed by atoms with van der Waals surface area (Å²) in [6, 6.07) is 9.17. The fourth-order valence-corrected chi connectivity index (χ4v) is 4.73. The molecule has 0 unspecified atom stereocenters. The second-order valence-corrected chi connectivity index (χ2v) is 9.89. The van der Waals surface area contributed by atoms with Crippen molar-refractivity contribution in [3.8, 4) is 0 Å². The highest BCUT2D eigenvalue weighted by Gasteiger charge is 2.31. The van der Waals surface area contributed by atoms with Gasteiger partial charge in [0.15, 0.2) is 7.29 Å². The van der Waals surface area contributed by atoms with Crippen molar-refractivity contribution in [2.24, 2.45) is 5.92 Å². The van der Waals surface area contributed by atoms with Crippen molar-refractivity contribution in [1.82, 2.24) is 5.09 Å². The van der Waals surface area contributed by atoms with Crippen LogP contribution < -0.4 is 5.09 Å². The molecule has 1 rings (SSSR count). The zero-order valence-corrected chi connectivity index (χ0v) is 16.5. The lowest BCUT2D eigenvalue weighted by Gasteiger charge is -2.27. The van der Waals surface area contributed by atoms with Gasteiger partial charge in [-0.25, -0.2) is 0 Å². The van der Waals surface area contributed by atoms with Gasteiger partial charge in [0.2, 0.25) is 0 Å². The van der Waals surface area contributed by atoms with Crippen LogP contribution in [0.5, 0.6) is 0 Å². The van der Waals surface area contributed by atoms with Crippen molar-refractivity contribution in [1.29, 1.82) is 0 Å². The van der Waals surface area contributed by atoms with Crippen LogP contribution in [0, 0.1) is 5.92 Å². The Kier molecular flexibility index (Phi) is 8.72. The molecule has 0 saturated carbocycles. The van der Waals surface area contributed by atoms with Crippen LogP contribution in [0.3, 0.4) is 0 Å². The first kappa shape index (κ1) is 20.9. The molecule has 0 heterocycles. The highest BCUT2D eigenvalue weighted by molar-refractivity contribution is 7.61. The van der Waals surface area contributed by atoms with E-state index in [1.54, 1.807) is 6.92 Å². The second kappa shape index (κ2) is 10.0. The van der Waals surface area contributed by atoms with Gasteiger partial charge in [0.05, 0.1) is 6.61 Å². The monoisotopic (exact) mass is 353 g/mol. The number of nitrogens with one attached hydrogen (secondary N) is 1. The maximum Gasteiger partial charge on any atom is 0.323 e. The van der Waals surface area contributed by atoms with Crippen LogP contribution in [-0.4, -0.2) is 24.3 Å². The van der Waals surface area contributed by atoms with Gasteiger partial charge in [0.25, 0.3) is 0 Å². The molecule has 0 spiro atoms. The van der Waals surface area contributed by atoms with Crippen molar-refractivity contribution in [3.05, 3.63) is 35.9 Å². The van der Waals surface area contributed by atoms with E-state index < -0.39 is 13.3 Å². The van der Waals surface area contributed by atoms with Gasteiger partial charge in [-0.15, -0.1) is 0 Å². The largest absolute Gasteiger partial charge is 0.464 e. The smallest absolute Gasteiger partial charge is 0.323 e. The van der Waals surface area contributed by atoms with Gasteiger partial charge < -0.3 is 9.30 Å². The van der Waals surface area contributed by atoms with Crippen molar-refractivity contribution in [3.63, 3.8) is 0 Å². The normalized spacial score (nSPS) is 15.3. The van der Waals surface area contributed by atoms with Crippen molar-refractivity contribution < 1.29 is 14.1 Å². The summed E-state index contributed by atoms with van der Waals surface area (Å²) in [4.78, 5) is 12.2. The molecule has 0 bridgehead atoms. The van der Waals surface area contributed by atoms with E-state index in [1.807, 2.05) is 44.2 Å². The Morgan fingerprint density at radius 3 is 2.21 bits per heavy atom. The molecule has 5 heteroatoms. The molecule has 0 aliphatic carbocycles. The summed E-state index contributed by atoms with van der Waals surface area (Å²) < 4.78 is 18.7. The third-order valence-electron chi connectivity index (χ3n) is 4.48. The van der Waals surface area contributed by atoms with Crippen LogP contribution in [0.2, 0.25) is 0 Å². The molecule has 0 aliphatic rings. The lowest BCUT2D eigenvalue weighted by atomic mass is 10.1. The Morgan fingerprint density at radius 1 is 1.12 bits per heavy atom. The molecule has 0 fully saturated rings. The van der Waals surface area contributed by atoms with Crippen LogP contribution in [-0.2, 0) is 20.3 Å². The van der Waals surface area contributed by atoms with E-state index in [-0.39, 0.29) is 11.6 Å². The zero-order chi connectivity index (χ0) is 18.2. The first-order valence-corrected chi connectivity index (χ1v) is 10.9. The molecule has 0 amide bonds. The number of carbonyl (C=O) groups excluding carboxylic acids is 1. The molecule has 0 aliphatic heterocycles. The summed E-state index contributed by atoms with van der Waals surface area (Å²) in [7, 11) is -2.74. The lowest BCUT2D eigenvalue weighted by molar-refractivity contribution is -0.146. The van der Waals surface area contributed by atoms with Gasteiger partial charge in [0.1, 0.15) is 6.04 Å². The summed E-state index contributed by atoms with van der Waals surface area (Å²) in [5.41, 5.74) is 0.964. The molecule has 24 heavy (non-hydrogen) atoms. The van der Waals surface area contributed by atoms with Crippen LogP contribution in [0.4, 0.5) is 0 Å². The minimum Gasteiger partial charge on any atom is -0.464 e. The molecule has 0 aromatic heterocycles.